The molecule has 5 aromatic rings. The van der Waals surface area contributed by atoms with Gasteiger partial charge in [-0.05, 0) is 114 Å². The lowest BCUT2D eigenvalue weighted by molar-refractivity contribution is -0.147. The van der Waals surface area contributed by atoms with Crippen LogP contribution in [-0.4, -0.2) is 48.6 Å². The molecule has 3 aliphatic rings. The summed E-state index contributed by atoms with van der Waals surface area (Å²) >= 11 is 12.2. The molecule has 8 rings (SSSR count). The van der Waals surface area contributed by atoms with E-state index in [-0.39, 0.29) is 29.9 Å². The van der Waals surface area contributed by atoms with Gasteiger partial charge < -0.3 is 29.2 Å². The fourth-order valence-corrected chi connectivity index (χ4v) is 8.17. The van der Waals surface area contributed by atoms with Gasteiger partial charge in [-0.25, -0.2) is 0 Å². The van der Waals surface area contributed by atoms with Crippen molar-refractivity contribution >= 4 is 35.0 Å². The summed E-state index contributed by atoms with van der Waals surface area (Å²) in [5.41, 5.74) is 7.55. The third-order valence-electron chi connectivity index (χ3n) is 11.1. The summed E-state index contributed by atoms with van der Waals surface area (Å²) in [5.74, 6) is 1.54. The number of nitriles is 1. The first-order valence-corrected chi connectivity index (χ1v) is 20.4. The highest BCUT2D eigenvalue weighted by Gasteiger charge is 2.39. The van der Waals surface area contributed by atoms with E-state index >= 15 is 0 Å². The number of ether oxygens (including phenoxy) is 4. The zero-order valence-electron chi connectivity index (χ0n) is 32.1. The van der Waals surface area contributed by atoms with E-state index in [1.54, 1.807) is 17.0 Å². The second kappa shape index (κ2) is 17.5. The van der Waals surface area contributed by atoms with Crippen LogP contribution in [0, 0.1) is 17.2 Å². The Balaban J connectivity index is 0.939. The fourth-order valence-electron chi connectivity index (χ4n) is 7.85. The average Bonchev–Trinajstić information content (AvgIpc) is 3.26. The Labute approximate surface area is 348 Å². The molecule has 58 heavy (non-hydrogen) atoms. The molecule has 3 unspecified atom stereocenters. The molecule has 9 nitrogen and oxygen atoms in total. The van der Waals surface area contributed by atoms with Crippen LogP contribution in [0.15, 0.2) is 103 Å². The zero-order valence-corrected chi connectivity index (χ0v) is 33.6. The topological polar surface area (TPSA) is 110 Å². The van der Waals surface area contributed by atoms with Gasteiger partial charge in [-0.2, -0.15) is 5.26 Å². The summed E-state index contributed by atoms with van der Waals surface area (Å²) < 4.78 is 24.3. The minimum Gasteiger partial charge on any atom is -0.489 e. The van der Waals surface area contributed by atoms with Crippen LogP contribution in [-0.2, 0) is 40.3 Å². The molecule has 3 aliphatic heterocycles. The maximum absolute atomic E-state index is 14.1. The van der Waals surface area contributed by atoms with Crippen molar-refractivity contribution in [2.45, 2.75) is 63.9 Å². The second-order valence-electron chi connectivity index (χ2n) is 15.2. The summed E-state index contributed by atoms with van der Waals surface area (Å²) in [7, 11) is 0. The van der Waals surface area contributed by atoms with Crippen LogP contribution in [0.2, 0.25) is 10.0 Å². The Morgan fingerprint density at radius 1 is 0.862 bits per heavy atom. The van der Waals surface area contributed by atoms with E-state index in [1.807, 2.05) is 73.7 Å². The highest BCUT2D eigenvalue weighted by molar-refractivity contribution is 6.42. The van der Waals surface area contributed by atoms with Crippen LogP contribution in [0.5, 0.6) is 17.2 Å². The molecule has 0 bridgehead atoms. The highest BCUT2D eigenvalue weighted by atomic mass is 35.5. The van der Waals surface area contributed by atoms with Crippen molar-refractivity contribution in [1.82, 2.24) is 10.2 Å². The number of carbonyl (C=O) groups excluding carboxylic acids is 2. The van der Waals surface area contributed by atoms with Gasteiger partial charge in [-0.15, -0.1) is 0 Å². The molecule has 0 aliphatic carbocycles. The van der Waals surface area contributed by atoms with Gasteiger partial charge in [0.05, 0.1) is 21.7 Å². The molecule has 1 fully saturated rings. The molecule has 1 N–H and O–H groups in total. The Morgan fingerprint density at radius 3 is 2.26 bits per heavy atom. The number of amides is 2. The Morgan fingerprint density at radius 2 is 1.55 bits per heavy atom. The van der Waals surface area contributed by atoms with Crippen molar-refractivity contribution in [3.05, 3.63) is 147 Å². The fraction of sp³-hybridized carbons (Fsp3) is 0.298. The van der Waals surface area contributed by atoms with Gasteiger partial charge >= 0.3 is 0 Å². The standard InChI is InChI=1S/C47H43Cl2N3O6/c1-29(20-30-2-7-33(8-3-30)34-9-4-31(25-50)5-10-34)51-46(53)42-22-37-23-43-44(24-38(37)26-52(42)47(54)36-16-18-55-19-17-36)58-45(28-57-43)35-11-13-39(14-12-35)56-27-32-6-15-40(48)41(49)21-32/h2-15,21,23-24,29,36,42,45H,16-20,22,26-28H2,1H3,(H,51,53). The van der Waals surface area contributed by atoms with Crippen LogP contribution in [0.1, 0.15) is 59.3 Å². The predicted molar refractivity (Wildman–Crippen MR) is 222 cm³/mol. The molecule has 296 valence electrons. The molecule has 3 heterocycles. The maximum atomic E-state index is 14.1. The third kappa shape index (κ3) is 8.95. The first-order chi connectivity index (χ1) is 28.2. The van der Waals surface area contributed by atoms with E-state index in [0.29, 0.717) is 91.5 Å². The lowest BCUT2D eigenvalue weighted by Gasteiger charge is -2.39. The summed E-state index contributed by atoms with van der Waals surface area (Å²) in [5, 5.41) is 13.3. The number of carbonyl (C=O) groups is 2. The molecule has 0 aromatic heterocycles. The number of halogens is 2. The van der Waals surface area contributed by atoms with Gasteiger partial charge in [0.15, 0.2) is 17.6 Å². The molecule has 5 aromatic carbocycles. The molecular formula is C47H43Cl2N3O6. The van der Waals surface area contributed by atoms with E-state index in [1.165, 1.54) is 0 Å². The number of hydrogen-bond acceptors (Lipinski definition) is 7. The number of hydrogen-bond donors (Lipinski definition) is 1. The summed E-state index contributed by atoms with van der Waals surface area (Å²) in [6, 6.07) is 34.2. The quantitative estimate of drug-likeness (QED) is 0.150. The average molecular weight is 817 g/mol. The lowest BCUT2D eigenvalue weighted by atomic mass is 9.89. The van der Waals surface area contributed by atoms with Crippen molar-refractivity contribution in [2.75, 3.05) is 19.8 Å². The van der Waals surface area contributed by atoms with Crippen molar-refractivity contribution in [3.8, 4) is 34.4 Å². The summed E-state index contributed by atoms with van der Waals surface area (Å²) in [6.45, 7) is 4.02. The molecule has 0 radical (unpaired) electrons. The molecule has 1 saturated heterocycles. The lowest BCUT2D eigenvalue weighted by Crippen LogP contribution is -2.55. The monoisotopic (exact) mass is 815 g/mol. The Kier molecular flexibility index (Phi) is 11.9. The first kappa shape index (κ1) is 39.3. The Bertz CT molecular complexity index is 2320. The molecule has 0 saturated carbocycles. The van der Waals surface area contributed by atoms with Crippen molar-refractivity contribution in [3.63, 3.8) is 0 Å². The van der Waals surface area contributed by atoms with E-state index in [2.05, 4.69) is 35.7 Å². The number of nitrogens with one attached hydrogen (secondary N) is 1. The molecule has 2 amide bonds. The van der Waals surface area contributed by atoms with Gasteiger partial charge in [0.1, 0.15) is 25.0 Å². The normalized spacial score (nSPS) is 18.1. The van der Waals surface area contributed by atoms with Gasteiger partial charge in [-0.1, -0.05) is 77.8 Å². The summed E-state index contributed by atoms with van der Waals surface area (Å²) in [6.07, 6.45) is 1.92. The summed E-state index contributed by atoms with van der Waals surface area (Å²) in [4.78, 5) is 30.0. The smallest absolute Gasteiger partial charge is 0.243 e. The Hall–Kier alpha value is -5.53. The number of nitrogens with zero attached hydrogens (tertiary/aromatic N) is 2. The van der Waals surface area contributed by atoms with E-state index in [0.717, 1.165) is 38.9 Å². The first-order valence-electron chi connectivity index (χ1n) is 19.6. The number of rotatable bonds is 10. The van der Waals surface area contributed by atoms with Crippen LogP contribution >= 0.6 is 23.2 Å². The van der Waals surface area contributed by atoms with Gasteiger partial charge in [-0.3, -0.25) is 9.59 Å². The van der Waals surface area contributed by atoms with Gasteiger partial charge in [0.25, 0.3) is 0 Å². The second-order valence-corrected chi connectivity index (χ2v) is 16.0. The van der Waals surface area contributed by atoms with E-state index < -0.39 is 6.04 Å². The number of fused-ring (bicyclic) bond motifs is 2. The van der Waals surface area contributed by atoms with Crippen molar-refractivity contribution < 1.29 is 28.5 Å². The van der Waals surface area contributed by atoms with Gasteiger partial charge in [0, 0.05) is 38.1 Å². The van der Waals surface area contributed by atoms with Crippen molar-refractivity contribution in [2.24, 2.45) is 5.92 Å². The van der Waals surface area contributed by atoms with Crippen LogP contribution in [0.3, 0.4) is 0 Å². The van der Waals surface area contributed by atoms with Crippen LogP contribution < -0.4 is 19.5 Å². The van der Waals surface area contributed by atoms with Crippen LogP contribution in [0.4, 0.5) is 0 Å². The zero-order chi connectivity index (χ0) is 40.2. The number of benzene rings is 5. The third-order valence-corrected chi connectivity index (χ3v) is 11.8. The van der Waals surface area contributed by atoms with E-state index in [9.17, 15) is 9.59 Å². The van der Waals surface area contributed by atoms with Crippen LogP contribution in [0.25, 0.3) is 11.1 Å². The molecular weight excluding hydrogens is 773 g/mol. The predicted octanol–water partition coefficient (Wildman–Crippen LogP) is 9.05. The molecule has 0 spiro atoms. The SMILES string of the molecule is CC(Cc1ccc(-c2ccc(C#N)cc2)cc1)NC(=O)C1Cc2cc3c(cc2CN1C(=O)C1CCOCC1)OC(c1ccc(OCc2ccc(Cl)c(Cl)c2)cc1)CO3. The molecule has 3 atom stereocenters. The van der Waals surface area contributed by atoms with E-state index in [4.69, 9.17) is 47.4 Å². The minimum atomic E-state index is -0.670. The molecule has 11 heteroatoms. The van der Waals surface area contributed by atoms with Gasteiger partial charge in [0.2, 0.25) is 11.8 Å². The van der Waals surface area contributed by atoms with Crippen molar-refractivity contribution in [1.29, 1.82) is 5.26 Å². The largest absolute Gasteiger partial charge is 0.489 e. The minimum absolute atomic E-state index is 0.0191. The maximum Gasteiger partial charge on any atom is 0.243 e. The highest BCUT2D eigenvalue weighted by Crippen LogP contribution is 2.41.